The van der Waals surface area contributed by atoms with Crippen LogP contribution in [0, 0.1) is 13.8 Å². The van der Waals surface area contributed by atoms with Crippen LogP contribution in [0.5, 0.6) is 0 Å². The van der Waals surface area contributed by atoms with E-state index in [0.29, 0.717) is 16.6 Å². The van der Waals surface area contributed by atoms with Crippen LogP contribution in [0.4, 0.5) is 0 Å². The first-order valence-corrected chi connectivity index (χ1v) is 17.9. The number of aromatic carboxylic acids is 1. The molecule has 8 aromatic rings. The van der Waals surface area contributed by atoms with E-state index in [2.05, 4.69) is 89.0 Å². The number of fused-ring (bicyclic) bond motifs is 3. The normalized spacial score (nSPS) is 13.7. The summed E-state index contributed by atoms with van der Waals surface area (Å²) in [7, 11) is 0. The monoisotopic (exact) mass is 680 g/mol. The van der Waals surface area contributed by atoms with E-state index in [9.17, 15) is 9.90 Å². The Labute approximate surface area is 300 Å². The van der Waals surface area contributed by atoms with Gasteiger partial charge in [-0.1, -0.05) is 85.0 Å². The van der Waals surface area contributed by atoms with Crippen LogP contribution in [0.3, 0.4) is 0 Å². The molecule has 8 heteroatoms. The van der Waals surface area contributed by atoms with Gasteiger partial charge >= 0.3 is 5.97 Å². The molecule has 1 saturated carbocycles. The van der Waals surface area contributed by atoms with Crippen molar-refractivity contribution in [2.75, 3.05) is 0 Å². The summed E-state index contributed by atoms with van der Waals surface area (Å²) < 4.78 is 2.35. The highest BCUT2D eigenvalue weighted by molar-refractivity contribution is 6.07. The van der Waals surface area contributed by atoms with Crippen molar-refractivity contribution >= 4 is 39.1 Å². The van der Waals surface area contributed by atoms with Crippen LogP contribution >= 0.6 is 0 Å². The second-order valence-electron chi connectivity index (χ2n) is 13.9. The zero-order chi connectivity index (χ0) is 35.3. The molecule has 3 aromatic heterocycles. The minimum Gasteiger partial charge on any atom is -0.478 e. The Hall–Kier alpha value is -6.28. The van der Waals surface area contributed by atoms with Crippen LogP contribution in [0.2, 0.25) is 0 Å². The van der Waals surface area contributed by atoms with Gasteiger partial charge in [0.2, 0.25) is 0 Å². The summed E-state index contributed by atoms with van der Waals surface area (Å²) in [6.45, 7) is 4.17. The van der Waals surface area contributed by atoms with Crippen molar-refractivity contribution < 1.29 is 9.90 Å². The van der Waals surface area contributed by atoms with E-state index >= 15 is 0 Å². The van der Waals surface area contributed by atoms with E-state index in [1.807, 2.05) is 30.3 Å². The van der Waals surface area contributed by atoms with Crippen LogP contribution in [0.15, 0.2) is 109 Å². The quantitative estimate of drug-likeness (QED) is 0.186. The average Bonchev–Trinajstić information content (AvgIpc) is 3.57. The standard InChI is InChI=1S/C44H36N6O2/c1-26-8-12-28(13-9-26)40-41(29-14-10-27(2)11-15-29)48-37-25-31(17-20-35(37)47-40)43-49-42-38(50(43)32-6-4-3-5-7-32)21-18-33(44(51)52)39(42)30-16-19-34-36(24-30)46-23-22-45-34/h8-25,32H,3-7H2,1-2H3,(H,51,52). The van der Waals surface area contributed by atoms with Gasteiger partial charge in [0.15, 0.2) is 0 Å². The van der Waals surface area contributed by atoms with Crippen LogP contribution in [0.1, 0.15) is 59.6 Å². The third-order valence-electron chi connectivity index (χ3n) is 10.4. The predicted octanol–water partition coefficient (Wildman–Crippen LogP) is 10.4. The van der Waals surface area contributed by atoms with Gasteiger partial charge in [0, 0.05) is 40.7 Å². The maximum atomic E-state index is 12.7. The van der Waals surface area contributed by atoms with Gasteiger partial charge in [-0.15, -0.1) is 0 Å². The molecule has 0 spiro atoms. The van der Waals surface area contributed by atoms with Crippen LogP contribution in [-0.4, -0.2) is 40.6 Å². The predicted molar refractivity (Wildman–Crippen MR) is 206 cm³/mol. The summed E-state index contributed by atoms with van der Waals surface area (Å²) in [5, 5.41) is 10.4. The number of hydrogen-bond donors (Lipinski definition) is 1. The van der Waals surface area contributed by atoms with Crippen LogP contribution < -0.4 is 0 Å². The van der Waals surface area contributed by atoms with E-state index in [4.69, 9.17) is 15.0 Å². The van der Waals surface area contributed by atoms with Gasteiger partial charge in [0.25, 0.3) is 0 Å². The SMILES string of the molecule is Cc1ccc(-c2nc3ccc(-c4nc5c(-c6ccc7nccnc7c6)c(C(=O)O)ccc5n4C4CCCCC4)cc3nc2-c2ccc(C)cc2)cc1. The molecule has 9 rings (SSSR count). The van der Waals surface area contributed by atoms with Gasteiger partial charge in [-0.3, -0.25) is 9.97 Å². The van der Waals surface area contributed by atoms with Gasteiger partial charge in [-0.05, 0) is 74.7 Å². The number of benzene rings is 5. The molecule has 52 heavy (non-hydrogen) atoms. The molecule has 1 N–H and O–H groups in total. The first-order chi connectivity index (χ1) is 25.4. The topological polar surface area (TPSA) is 107 Å². The second-order valence-corrected chi connectivity index (χ2v) is 13.9. The number of rotatable bonds is 6. The summed E-state index contributed by atoms with van der Waals surface area (Å²) in [4.78, 5) is 37.5. The Morgan fingerprint density at radius 2 is 1.19 bits per heavy atom. The lowest BCUT2D eigenvalue weighted by atomic mass is 9.94. The fourth-order valence-corrected chi connectivity index (χ4v) is 7.68. The third kappa shape index (κ3) is 5.57. The molecule has 3 heterocycles. The van der Waals surface area contributed by atoms with Crippen molar-refractivity contribution in [3.05, 3.63) is 126 Å². The van der Waals surface area contributed by atoms with Crippen molar-refractivity contribution in [3.8, 4) is 45.0 Å². The highest BCUT2D eigenvalue weighted by Crippen LogP contribution is 2.41. The van der Waals surface area contributed by atoms with Crippen molar-refractivity contribution in [2.45, 2.75) is 52.0 Å². The zero-order valence-electron chi connectivity index (χ0n) is 29.0. The smallest absolute Gasteiger partial charge is 0.336 e. The molecule has 0 radical (unpaired) electrons. The van der Waals surface area contributed by atoms with Gasteiger partial charge in [0.05, 0.1) is 50.1 Å². The largest absolute Gasteiger partial charge is 0.478 e. The lowest BCUT2D eigenvalue weighted by Crippen LogP contribution is -2.14. The summed E-state index contributed by atoms with van der Waals surface area (Å²) in [6, 6.07) is 32.6. The summed E-state index contributed by atoms with van der Waals surface area (Å²) in [5.41, 5.74) is 13.1. The molecule has 0 amide bonds. The number of imidazole rings is 1. The molecule has 1 aliphatic rings. The Bertz CT molecular complexity index is 2660. The first-order valence-electron chi connectivity index (χ1n) is 17.9. The number of carboxylic acids is 1. The molecule has 254 valence electrons. The number of carboxylic acid groups (broad SMARTS) is 1. The van der Waals surface area contributed by atoms with Gasteiger partial charge in [-0.2, -0.15) is 0 Å². The van der Waals surface area contributed by atoms with E-state index in [-0.39, 0.29) is 11.6 Å². The van der Waals surface area contributed by atoms with Gasteiger partial charge < -0.3 is 9.67 Å². The van der Waals surface area contributed by atoms with Crippen LogP contribution in [0.25, 0.3) is 78.1 Å². The fourth-order valence-electron chi connectivity index (χ4n) is 7.68. The van der Waals surface area contributed by atoms with E-state index in [1.54, 1.807) is 18.5 Å². The second kappa shape index (κ2) is 12.8. The van der Waals surface area contributed by atoms with Gasteiger partial charge in [-0.25, -0.2) is 19.7 Å². The molecule has 5 aromatic carbocycles. The fraction of sp³-hybridized carbons (Fsp3) is 0.182. The lowest BCUT2D eigenvalue weighted by molar-refractivity contribution is 0.0698. The van der Waals surface area contributed by atoms with Gasteiger partial charge in [0.1, 0.15) is 5.82 Å². The first kappa shape index (κ1) is 31.7. The van der Waals surface area contributed by atoms with Crippen molar-refractivity contribution in [1.82, 2.24) is 29.5 Å². The molecule has 1 fully saturated rings. The minimum absolute atomic E-state index is 0.200. The molecular formula is C44H36N6O2. The summed E-state index contributed by atoms with van der Waals surface area (Å²) in [5.74, 6) is -0.201. The summed E-state index contributed by atoms with van der Waals surface area (Å²) in [6.07, 6.45) is 8.86. The molecule has 0 bridgehead atoms. The Morgan fingerprint density at radius 1 is 0.615 bits per heavy atom. The van der Waals surface area contributed by atoms with Crippen molar-refractivity contribution in [2.24, 2.45) is 0 Å². The minimum atomic E-state index is -1.00. The van der Waals surface area contributed by atoms with Crippen LogP contribution in [-0.2, 0) is 0 Å². The lowest BCUT2D eigenvalue weighted by Gasteiger charge is -2.26. The Balaban J connectivity index is 1.28. The Morgan fingerprint density at radius 3 is 1.87 bits per heavy atom. The number of carbonyl (C=O) groups is 1. The molecule has 0 saturated heterocycles. The maximum absolute atomic E-state index is 12.7. The van der Waals surface area contributed by atoms with Crippen molar-refractivity contribution in [1.29, 1.82) is 0 Å². The van der Waals surface area contributed by atoms with E-state index < -0.39 is 5.97 Å². The maximum Gasteiger partial charge on any atom is 0.336 e. The summed E-state index contributed by atoms with van der Waals surface area (Å²) >= 11 is 0. The zero-order valence-corrected chi connectivity index (χ0v) is 29.0. The molecule has 0 unspecified atom stereocenters. The van der Waals surface area contributed by atoms with E-state index in [1.165, 1.54) is 17.5 Å². The van der Waals surface area contributed by atoms with E-state index in [0.717, 1.165) is 87.2 Å². The molecular weight excluding hydrogens is 645 g/mol. The number of hydrogen-bond acceptors (Lipinski definition) is 6. The highest BCUT2D eigenvalue weighted by Gasteiger charge is 2.27. The molecule has 8 nitrogen and oxygen atoms in total. The Kier molecular flexibility index (Phi) is 7.80. The third-order valence-corrected chi connectivity index (χ3v) is 10.4. The average molecular weight is 681 g/mol. The van der Waals surface area contributed by atoms with Crippen molar-refractivity contribution in [3.63, 3.8) is 0 Å². The highest BCUT2D eigenvalue weighted by atomic mass is 16.4. The number of nitrogens with zero attached hydrogens (tertiary/aromatic N) is 6. The number of aryl methyl sites for hydroxylation is 2. The molecule has 0 aliphatic heterocycles. The molecule has 1 aliphatic carbocycles. The molecule has 0 atom stereocenters. The number of aromatic nitrogens is 6.